The molecule has 2 amide bonds. The number of anilines is 1. The Morgan fingerprint density at radius 1 is 1.24 bits per heavy atom. The summed E-state index contributed by atoms with van der Waals surface area (Å²) in [7, 11) is 0. The monoisotopic (exact) mass is 288 g/mol. The highest BCUT2D eigenvalue weighted by Crippen LogP contribution is 2.33. The van der Waals surface area contributed by atoms with Crippen LogP contribution in [0.4, 0.5) is 5.69 Å². The number of carbonyl (C=O) groups excluding carboxylic acids is 2. The van der Waals surface area contributed by atoms with Gasteiger partial charge in [-0.15, -0.1) is 0 Å². The van der Waals surface area contributed by atoms with Crippen molar-refractivity contribution in [1.29, 1.82) is 0 Å². The van der Waals surface area contributed by atoms with Crippen LogP contribution in [0.3, 0.4) is 0 Å². The second-order valence-electron chi connectivity index (χ2n) is 5.52. The summed E-state index contributed by atoms with van der Waals surface area (Å²) in [5, 5.41) is 11.7. The zero-order chi connectivity index (χ0) is 15.0. The molecule has 1 aliphatic heterocycles. The Morgan fingerprint density at radius 2 is 1.95 bits per heavy atom. The first-order valence-electron chi connectivity index (χ1n) is 6.99. The molecule has 1 saturated carbocycles. The number of likely N-dealkylation sites (tertiary alicyclic amines) is 1. The van der Waals surface area contributed by atoms with Gasteiger partial charge in [-0.1, -0.05) is 12.1 Å². The molecule has 6 nitrogen and oxygen atoms in total. The second-order valence-corrected chi connectivity index (χ2v) is 5.52. The average Bonchev–Trinajstić information content (AvgIpc) is 3.22. The first-order valence-corrected chi connectivity index (χ1v) is 6.99. The zero-order valence-corrected chi connectivity index (χ0v) is 11.4. The van der Waals surface area contributed by atoms with Crippen molar-refractivity contribution in [2.75, 3.05) is 11.9 Å². The zero-order valence-electron chi connectivity index (χ0n) is 11.4. The topological polar surface area (TPSA) is 86.7 Å². The molecule has 1 saturated heterocycles. The van der Waals surface area contributed by atoms with Crippen LogP contribution in [0.25, 0.3) is 0 Å². The van der Waals surface area contributed by atoms with Crippen molar-refractivity contribution >= 4 is 23.5 Å². The number of rotatable bonds is 4. The number of aromatic carboxylic acids is 1. The summed E-state index contributed by atoms with van der Waals surface area (Å²) >= 11 is 0. The number of nitrogens with zero attached hydrogens (tertiary/aromatic N) is 1. The van der Waals surface area contributed by atoms with Gasteiger partial charge in [-0.25, -0.2) is 4.79 Å². The van der Waals surface area contributed by atoms with E-state index in [0.29, 0.717) is 12.6 Å². The number of hydrogen-bond donors (Lipinski definition) is 2. The lowest BCUT2D eigenvalue weighted by molar-refractivity contribution is -0.128. The second kappa shape index (κ2) is 5.20. The van der Waals surface area contributed by atoms with E-state index in [1.165, 1.54) is 6.07 Å². The van der Waals surface area contributed by atoms with Gasteiger partial charge in [-0.3, -0.25) is 9.59 Å². The van der Waals surface area contributed by atoms with E-state index in [-0.39, 0.29) is 29.5 Å². The van der Waals surface area contributed by atoms with Crippen LogP contribution >= 0.6 is 0 Å². The molecule has 0 bridgehead atoms. The highest BCUT2D eigenvalue weighted by Gasteiger charge is 2.41. The Bertz CT molecular complexity index is 609. The van der Waals surface area contributed by atoms with Crippen LogP contribution in [-0.2, 0) is 9.59 Å². The lowest BCUT2D eigenvalue weighted by atomic mass is 10.1. The van der Waals surface area contributed by atoms with Crippen molar-refractivity contribution in [3.8, 4) is 0 Å². The van der Waals surface area contributed by atoms with Gasteiger partial charge in [-0.2, -0.15) is 0 Å². The minimum absolute atomic E-state index is 0.0177. The molecule has 0 radical (unpaired) electrons. The van der Waals surface area contributed by atoms with E-state index in [0.717, 1.165) is 12.8 Å². The third kappa shape index (κ3) is 2.74. The molecule has 1 aromatic rings. The molecule has 3 rings (SSSR count). The maximum atomic E-state index is 12.2. The molecule has 1 atom stereocenters. The third-order valence-electron chi connectivity index (χ3n) is 3.93. The van der Waals surface area contributed by atoms with Crippen molar-refractivity contribution in [2.24, 2.45) is 5.92 Å². The van der Waals surface area contributed by atoms with Gasteiger partial charge in [0.25, 0.3) is 0 Å². The minimum atomic E-state index is -1.09. The van der Waals surface area contributed by atoms with Crippen LogP contribution in [-0.4, -0.2) is 40.4 Å². The summed E-state index contributed by atoms with van der Waals surface area (Å²) in [5.41, 5.74) is 0.321. The Balaban J connectivity index is 1.70. The minimum Gasteiger partial charge on any atom is -0.478 e. The quantitative estimate of drug-likeness (QED) is 0.875. The predicted molar refractivity (Wildman–Crippen MR) is 74.9 cm³/mol. The molecule has 2 fully saturated rings. The van der Waals surface area contributed by atoms with Crippen LogP contribution in [0.2, 0.25) is 0 Å². The average molecular weight is 288 g/mol. The number of para-hydroxylation sites is 1. The molecular formula is C15H16N2O4. The van der Waals surface area contributed by atoms with Gasteiger partial charge in [0.2, 0.25) is 11.8 Å². The van der Waals surface area contributed by atoms with E-state index in [1.807, 2.05) is 0 Å². The number of hydrogen-bond acceptors (Lipinski definition) is 3. The molecule has 1 aliphatic carbocycles. The summed E-state index contributed by atoms with van der Waals surface area (Å²) in [6, 6.07) is 6.57. The van der Waals surface area contributed by atoms with E-state index in [4.69, 9.17) is 5.11 Å². The van der Waals surface area contributed by atoms with Crippen LogP contribution in [0.15, 0.2) is 24.3 Å². The third-order valence-corrected chi connectivity index (χ3v) is 3.93. The SMILES string of the molecule is O=C(O)c1ccccc1NC(=O)C1CC(=O)N(C2CC2)C1. The Labute approximate surface area is 121 Å². The number of carboxylic acid groups (broad SMARTS) is 1. The summed E-state index contributed by atoms with van der Waals surface area (Å²) < 4.78 is 0. The fraction of sp³-hybridized carbons (Fsp3) is 0.400. The fourth-order valence-electron chi connectivity index (χ4n) is 2.66. The van der Waals surface area contributed by atoms with Gasteiger partial charge in [0.15, 0.2) is 0 Å². The van der Waals surface area contributed by atoms with E-state index in [9.17, 15) is 14.4 Å². The lowest BCUT2D eigenvalue weighted by Crippen LogP contribution is -2.30. The Morgan fingerprint density at radius 3 is 2.62 bits per heavy atom. The maximum Gasteiger partial charge on any atom is 0.337 e. The summed E-state index contributed by atoms with van der Waals surface area (Å²) in [5.74, 6) is -1.77. The largest absolute Gasteiger partial charge is 0.478 e. The molecule has 0 aromatic heterocycles. The van der Waals surface area contributed by atoms with Gasteiger partial charge < -0.3 is 15.3 Å². The first-order chi connectivity index (χ1) is 10.1. The molecule has 6 heteroatoms. The standard InChI is InChI=1S/C15H16N2O4/c18-13-7-9(8-17(13)10-5-6-10)14(19)16-12-4-2-1-3-11(12)15(20)21/h1-4,9-10H,5-8H2,(H,16,19)(H,20,21). The first kappa shape index (κ1) is 13.6. The van der Waals surface area contributed by atoms with Crippen molar-refractivity contribution in [1.82, 2.24) is 4.90 Å². The Hall–Kier alpha value is -2.37. The number of carbonyl (C=O) groups is 3. The Kier molecular flexibility index (Phi) is 3.37. The van der Waals surface area contributed by atoms with E-state index >= 15 is 0 Å². The van der Waals surface area contributed by atoms with Gasteiger partial charge in [0.1, 0.15) is 0 Å². The molecule has 1 heterocycles. The number of benzene rings is 1. The smallest absolute Gasteiger partial charge is 0.337 e. The molecule has 2 aliphatic rings. The van der Waals surface area contributed by atoms with Crippen molar-refractivity contribution in [3.05, 3.63) is 29.8 Å². The highest BCUT2D eigenvalue weighted by molar-refractivity contribution is 6.02. The summed E-state index contributed by atoms with van der Waals surface area (Å²) in [4.78, 5) is 37.0. The molecule has 21 heavy (non-hydrogen) atoms. The van der Waals surface area contributed by atoms with Crippen LogP contribution in [0, 0.1) is 5.92 Å². The summed E-state index contributed by atoms with van der Waals surface area (Å²) in [6.07, 6.45) is 2.24. The maximum absolute atomic E-state index is 12.2. The molecule has 0 spiro atoms. The van der Waals surface area contributed by atoms with E-state index in [1.54, 1.807) is 23.1 Å². The number of carboxylic acids is 1. The lowest BCUT2D eigenvalue weighted by Gasteiger charge is -2.15. The van der Waals surface area contributed by atoms with Crippen LogP contribution < -0.4 is 5.32 Å². The van der Waals surface area contributed by atoms with E-state index in [2.05, 4.69) is 5.32 Å². The van der Waals surface area contributed by atoms with Gasteiger partial charge in [0, 0.05) is 19.0 Å². The fourth-order valence-corrected chi connectivity index (χ4v) is 2.66. The molecular weight excluding hydrogens is 272 g/mol. The van der Waals surface area contributed by atoms with Crippen molar-refractivity contribution < 1.29 is 19.5 Å². The molecule has 110 valence electrons. The van der Waals surface area contributed by atoms with Crippen LogP contribution in [0.5, 0.6) is 0 Å². The van der Waals surface area contributed by atoms with Crippen molar-refractivity contribution in [3.63, 3.8) is 0 Å². The van der Waals surface area contributed by atoms with E-state index < -0.39 is 11.9 Å². The predicted octanol–water partition coefficient (Wildman–Crippen LogP) is 1.33. The van der Waals surface area contributed by atoms with Crippen molar-refractivity contribution in [2.45, 2.75) is 25.3 Å². The number of amides is 2. The van der Waals surface area contributed by atoms with Gasteiger partial charge in [-0.05, 0) is 25.0 Å². The number of nitrogens with one attached hydrogen (secondary N) is 1. The van der Waals surface area contributed by atoms with Crippen LogP contribution in [0.1, 0.15) is 29.6 Å². The van der Waals surface area contributed by atoms with Gasteiger partial charge >= 0.3 is 5.97 Å². The summed E-state index contributed by atoms with van der Waals surface area (Å²) in [6.45, 7) is 0.435. The molecule has 1 aromatic carbocycles. The molecule has 2 N–H and O–H groups in total. The van der Waals surface area contributed by atoms with Gasteiger partial charge in [0.05, 0.1) is 17.2 Å². The normalized spacial score (nSPS) is 21.4. The highest BCUT2D eigenvalue weighted by atomic mass is 16.4. The molecule has 1 unspecified atom stereocenters.